The van der Waals surface area contributed by atoms with Crippen molar-refractivity contribution in [3.8, 4) is 0 Å². The molecule has 6 heteroatoms. The predicted octanol–water partition coefficient (Wildman–Crippen LogP) is 1.56. The van der Waals surface area contributed by atoms with Gasteiger partial charge >= 0.3 is 0 Å². The molecule has 0 saturated carbocycles. The lowest BCUT2D eigenvalue weighted by atomic mass is 10.3. The van der Waals surface area contributed by atoms with Crippen LogP contribution in [0.1, 0.15) is 6.92 Å². The van der Waals surface area contributed by atoms with E-state index in [0.717, 1.165) is 4.90 Å². The van der Waals surface area contributed by atoms with E-state index in [0.29, 0.717) is 0 Å². The van der Waals surface area contributed by atoms with Gasteiger partial charge in [0.1, 0.15) is 0 Å². The first-order valence-electron chi connectivity index (χ1n) is 4.21. The zero-order valence-electron chi connectivity index (χ0n) is 8.04. The lowest BCUT2D eigenvalue weighted by molar-refractivity contribution is -0.384. The van der Waals surface area contributed by atoms with Crippen LogP contribution in [-0.2, 0) is 4.79 Å². The second-order valence-corrected chi connectivity index (χ2v) is 4.33. The van der Waals surface area contributed by atoms with Gasteiger partial charge in [0, 0.05) is 17.0 Å². The molecule has 0 aliphatic rings. The van der Waals surface area contributed by atoms with Gasteiger partial charge in [0.2, 0.25) is 5.91 Å². The molecule has 2 N–H and O–H groups in total. The molecular formula is C9H10N2O3S. The molecule has 0 saturated heterocycles. The summed E-state index contributed by atoms with van der Waals surface area (Å²) < 4.78 is 0. The summed E-state index contributed by atoms with van der Waals surface area (Å²) in [5, 5.41) is 10.0. The monoisotopic (exact) mass is 226 g/mol. The third kappa shape index (κ3) is 3.25. The highest BCUT2D eigenvalue weighted by atomic mass is 32.2. The molecule has 0 bridgehead atoms. The number of hydrogen-bond acceptors (Lipinski definition) is 4. The summed E-state index contributed by atoms with van der Waals surface area (Å²) in [6, 6.07) is 6.00. The molecule has 0 aliphatic heterocycles. The number of non-ortho nitro benzene ring substituents is 1. The van der Waals surface area contributed by atoms with Crippen LogP contribution in [0.15, 0.2) is 29.2 Å². The Morgan fingerprint density at radius 3 is 2.40 bits per heavy atom. The highest BCUT2D eigenvalue weighted by Crippen LogP contribution is 2.24. The third-order valence-electron chi connectivity index (χ3n) is 1.76. The van der Waals surface area contributed by atoms with Gasteiger partial charge in [0.25, 0.3) is 5.69 Å². The van der Waals surface area contributed by atoms with Gasteiger partial charge in [-0.2, -0.15) is 0 Å². The molecule has 0 aliphatic carbocycles. The van der Waals surface area contributed by atoms with Crippen LogP contribution in [0.2, 0.25) is 0 Å². The Kier molecular flexibility index (Phi) is 3.68. The van der Waals surface area contributed by atoms with Crippen molar-refractivity contribution in [3.05, 3.63) is 34.4 Å². The molecule has 1 unspecified atom stereocenters. The predicted molar refractivity (Wildman–Crippen MR) is 57.6 cm³/mol. The van der Waals surface area contributed by atoms with E-state index in [1.54, 1.807) is 19.1 Å². The fraction of sp³-hybridized carbons (Fsp3) is 0.222. The molecule has 0 spiro atoms. The normalized spacial score (nSPS) is 12.1. The van der Waals surface area contributed by atoms with Crippen molar-refractivity contribution in [1.82, 2.24) is 0 Å². The minimum Gasteiger partial charge on any atom is -0.369 e. The van der Waals surface area contributed by atoms with Crippen molar-refractivity contribution >= 4 is 23.4 Å². The Balaban J connectivity index is 2.72. The highest BCUT2D eigenvalue weighted by Gasteiger charge is 2.11. The van der Waals surface area contributed by atoms with Crippen LogP contribution < -0.4 is 5.73 Å². The SMILES string of the molecule is CC(Sc1ccc([N+](=O)[O-])cc1)C(N)=O. The second-order valence-electron chi connectivity index (χ2n) is 2.91. The van der Waals surface area contributed by atoms with Crippen LogP contribution in [0.3, 0.4) is 0 Å². The van der Waals surface area contributed by atoms with Gasteiger partial charge < -0.3 is 5.73 Å². The van der Waals surface area contributed by atoms with Crippen molar-refractivity contribution in [1.29, 1.82) is 0 Å². The molecule has 1 aromatic rings. The molecule has 5 nitrogen and oxygen atoms in total. The maximum Gasteiger partial charge on any atom is 0.269 e. The van der Waals surface area contributed by atoms with Crippen LogP contribution in [0.4, 0.5) is 5.69 Å². The van der Waals surface area contributed by atoms with E-state index < -0.39 is 10.8 Å². The van der Waals surface area contributed by atoms with Crippen molar-refractivity contribution in [3.63, 3.8) is 0 Å². The summed E-state index contributed by atoms with van der Waals surface area (Å²) in [5.74, 6) is -0.404. The van der Waals surface area contributed by atoms with Crippen molar-refractivity contribution in [2.24, 2.45) is 5.73 Å². The third-order valence-corrected chi connectivity index (χ3v) is 2.89. The number of primary amides is 1. The number of benzene rings is 1. The summed E-state index contributed by atoms with van der Waals surface area (Å²) >= 11 is 1.27. The van der Waals surface area contributed by atoms with Crippen LogP contribution in [0, 0.1) is 10.1 Å². The zero-order chi connectivity index (χ0) is 11.4. The first-order chi connectivity index (χ1) is 7.00. The molecule has 1 amide bonds. The summed E-state index contributed by atoms with van der Waals surface area (Å²) in [4.78, 5) is 21.5. The fourth-order valence-corrected chi connectivity index (χ4v) is 1.73. The van der Waals surface area contributed by atoms with Gasteiger partial charge in [0.15, 0.2) is 0 Å². The topological polar surface area (TPSA) is 86.2 Å². The Hall–Kier alpha value is -1.56. The van der Waals surface area contributed by atoms with Crippen LogP contribution in [-0.4, -0.2) is 16.1 Å². The number of nitro benzene ring substituents is 1. The number of carbonyl (C=O) groups is 1. The van der Waals surface area contributed by atoms with Gasteiger partial charge in [-0.05, 0) is 19.1 Å². The Bertz CT molecular complexity index is 377. The van der Waals surface area contributed by atoms with Gasteiger partial charge in [-0.25, -0.2) is 0 Å². The Morgan fingerprint density at radius 1 is 1.47 bits per heavy atom. The van der Waals surface area contributed by atoms with Crippen molar-refractivity contribution in [2.45, 2.75) is 17.1 Å². The smallest absolute Gasteiger partial charge is 0.269 e. The van der Waals surface area contributed by atoms with Crippen molar-refractivity contribution < 1.29 is 9.72 Å². The summed E-state index contributed by atoms with van der Waals surface area (Å²) in [7, 11) is 0. The van der Waals surface area contributed by atoms with Gasteiger partial charge in [-0.15, -0.1) is 11.8 Å². The minimum atomic E-state index is -0.466. The van der Waals surface area contributed by atoms with Gasteiger partial charge in [0.05, 0.1) is 10.2 Å². The van der Waals surface area contributed by atoms with Gasteiger partial charge in [-0.1, -0.05) is 0 Å². The molecule has 80 valence electrons. The fourth-order valence-electron chi connectivity index (χ4n) is 0.909. The minimum absolute atomic E-state index is 0.0334. The average molecular weight is 226 g/mol. The van der Waals surface area contributed by atoms with E-state index in [1.165, 1.54) is 23.9 Å². The second kappa shape index (κ2) is 4.79. The van der Waals surface area contributed by atoms with E-state index in [-0.39, 0.29) is 10.9 Å². The molecule has 1 aromatic carbocycles. The van der Waals surface area contributed by atoms with Gasteiger partial charge in [-0.3, -0.25) is 14.9 Å². The maximum atomic E-state index is 10.8. The Labute approximate surface area is 90.8 Å². The van der Waals surface area contributed by atoms with Crippen LogP contribution in [0.25, 0.3) is 0 Å². The molecule has 15 heavy (non-hydrogen) atoms. The van der Waals surface area contributed by atoms with E-state index in [1.807, 2.05) is 0 Å². The highest BCUT2D eigenvalue weighted by molar-refractivity contribution is 8.00. The Morgan fingerprint density at radius 2 is 2.00 bits per heavy atom. The quantitative estimate of drug-likeness (QED) is 0.479. The summed E-state index contributed by atoms with van der Waals surface area (Å²) in [5.41, 5.74) is 5.13. The number of nitrogens with zero attached hydrogens (tertiary/aromatic N) is 1. The molecule has 0 radical (unpaired) electrons. The number of thioether (sulfide) groups is 1. The lowest BCUT2D eigenvalue weighted by Crippen LogP contribution is -2.22. The molecule has 1 rings (SSSR count). The van der Waals surface area contributed by atoms with E-state index >= 15 is 0 Å². The summed E-state index contributed by atoms with van der Waals surface area (Å²) in [6.07, 6.45) is 0. The van der Waals surface area contributed by atoms with Crippen molar-refractivity contribution in [2.75, 3.05) is 0 Å². The van der Waals surface area contributed by atoms with Crippen LogP contribution in [0.5, 0.6) is 0 Å². The van der Waals surface area contributed by atoms with E-state index in [9.17, 15) is 14.9 Å². The first kappa shape index (κ1) is 11.5. The number of nitro groups is 1. The molecule has 1 atom stereocenters. The number of carbonyl (C=O) groups excluding carboxylic acids is 1. The van der Waals surface area contributed by atoms with Crippen LogP contribution >= 0.6 is 11.8 Å². The number of amides is 1. The average Bonchev–Trinajstić information content (AvgIpc) is 2.18. The maximum absolute atomic E-state index is 10.8. The molecule has 0 fully saturated rings. The lowest BCUT2D eigenvalue weighted by Gasteiger charge is -2.05. The first-order valence-corrected chi connectivity index (χ1v) is 5.09. The number of nitrogens with two attached hydrogens (primary N) is 1. The molecular weight excluding hydrogens is 216 g/mol. The standard InChI is InChI=1S/C9H10N2O3S/c1-6(9(10)12)15-8-4-2-7(3-5-8)11(13)14/h2-6H,1H3,(H2,10,12). The van der Waals surface area contributed by atoms with E-state index in [4.69, 9.17) is 5.73 Å². The summed E-state index contributed by atoms with van der Waals surface area (Å²) in [6.45, 7) is 1.69. The molecule has 0 heterocycles. The zero-order valence-corrected chi connectivity index (χ0v) is 8.86. The largest absolute Gasteiger partial charge is 0.369 e. The molecule has 0 aromatic heterocycles. The number of hydrogen-bond donors (Lipinski definition) is 1. The van der Waals surface area contributed by atoms with E-state index in [2.05, 4.69) is 0 Å². The number of rotatable bonds is 4.